The first-order chi connectivity index (χ1) is 6.24. The van der Waals surface area contributed by atoms with E-state index in [0.717, 1.165) is 26.1 Å². The van der Waals surface area contributed by atoms with Gasteiger partial charge in [-0.2, -0.15) is 0 Å². The highest BCUT2D eigenvalue weighted by atomic mass is 19.3. The lowest BCUT2D eigenvalue weighted by Gasteiger charge is -2.25. The molecular weight excluding hydrogens is 176 g/mol. The molecule has 0 amide bonds. The fourth-order valence-corrected chi connectivity index (χ4v) is 1.69. The summed E-state index contributed by atoms with van der Waals surface area (Å²) in [4.78, 5) is 0. The molecule has 1 heterocycles. The molecule has 0 spiro atoms. The molecule has 1 fully saturated rings. The number of alkyl halides is 2. The highest BCUT2D eigenvalue weighted by Crippen LogP contribution is 2.22. The average molecular weight is 193 g/mol. The largest absolute Gasteiger partial charge is 0.381 e. The summed E-state index contributed by atoms with van der Waals surface area (Å²) in [7, 11) is 1.59. The monoisotopic (exact) mass is 193 g/mol. The smallest absolute Gasteiger partial charge is 0.253 e. The van der Waals surface area contributed by atoms with Crippen LogP contribution in [-0.2, 0) is 4.74 Å². The molecule has 0 aromatic carbocycles. The standard InChI is InChI=1S/C9H17F2NO/c1-12-8(9(10)11)6-7-2-4-13-5-3-7/h7-9,12H,2-6H2,1H3. The van der Waals surface area contributed by atoms with E-state index in [4.69, 9.17) is 4.74 Å². The Morgan fingerprint density at radius 3 is 2.46 bits per heavy atom. The fourth-order valence-electron chi connectivity index (χ4n) is 1.69. The number of ether oxygens (including phenoxy) is 1. The van der Waals surface area contributed by atoms with Crippen LogP contribution in [0, 0.1) is 5.92 Å². The van der Waals surface area contributed by atoms with Crippen LogP contribution in [-0.4, -0.2) is 32.7 Å². The zero-order valence-corrected chi connectivity index (χ0v) is 7.93. The molecule has 1 aliphatic rings. The van der Waals surface area contributed by atoms with Crippen molar-refractivity contribution in [2.75, 3.05) is 20.3 Å². The maximum absolute atomic E-state index is 12.4. The number of nitrogens with one attached hydrogen (secondary N) is 1. The normalized spacial score (nSPS) is 22.2. The first kappa shape index (κ1) is 10.9. The third kappa shape index (κ3) is 3.56. The Balaban J connectivity index is 2.27. The van der Waals surface area contributed by atoms with Gasteiger partial charge in [0.2, 0.25) is 0 Å². The molecule has 0 aromatic heterocycles. The second-order valence-electron chi connectivity index (χ2n) is 3.52. The molecule has 1 N–H and O–H groups in total. The Labute approximate surface area is 77.6 Å². The number of hydrogen-bond acceptors (Lipinski definition) is 2. The van der Waals surface area contributed by atoms with E-state index in [9.17, 15) is 8.78 Å². The second-order valence-corrected chi connectivity index (χ2v) is 3.52. The summed E-state index contributed by atoms with van der Waals surface area (Å²) in [6, 6.07) is -0.650. The maximum atomic E-state index is 12.4. The zero-order valence-electron chi connectivity index (χ0n) is 7.93. The molecule has 0 aromatic rings. The average Bonchev–Trinajstić information content (AvgIpc) is 2.15. The molecule has 4 heteroatoms. The SMILES string of the molecule is CNC(CC1CCOCC1)C(F)F. The summed E-state index contributed by atoms with van der Waals surface area (Å²) < 4.78 is 29.9. The first-order valence-electron chi connectivity index (χ1n) is 4.77. The topological polar surface area (TPSA) is 21.3 Å². The Bertz CT molecular complexity index is 138. The fraction of sp³-hybridized carbons (Fsp3) is 1.00. The second kappa shape index (κ2) is 5.50. The van der Waals surface area contributed by atoms with E-state index in [2.05, 4.69) is 5.32 Å². The number of hydrogen-bond donors (Lipinski definition) is 1. The minimum absolute atomic E-state index is 0.403. The lowest BCUT2D eigenvalue weighted by molar-refractivity contribution is 0.0412. The van der Waals surface area contributed by atoms with Crippen LogP contribution in [0.5, 0.6) is 0 Å². The lowest BCUT2D eigenvalue weighted by atomic mass is 9.93. The molecule has 2 nitrogen and oxygen atoms in total. The van der Waals surface area contributed by atoms with E-state index in [1.807, 2.05) is 0 Å². The van der Waals surface area contributed by atoms with Crippen molar-refractivity contribution in [2.24, 2.45) is 5.92 Å². The van der Waals surface area contributed by atoms with Crippen molar-refractivity contribution in [3.63, 3.8) is 0 Å². The van der Waals surface area contributed by atoms with Gasteiger partial charge >= 0.3 is 0 Å². The molecule has 1 atom stereocenters. The predicted molar refractivity (Wildman–Crippen MR) is 47.0 cm³/mol. The van der Waals surface area contributed by atoms with Gasteiger partial charge in [-0.25, -0.2) is 8.78 Å². The van der Waals surface area contributed by atoms with Gasteiger partial charge in [-0.3, -0.25) is 0 Å². The van der Waals surface area contributed by atoms with Gasteiger partial charge < -0.3 is 10.1 Å². The van der Waals surface area contributed by atoms with Crippen LogP contribution < -0.4 is 5.32 Å². The molecule has 1 unspecified atom stereocenters. The molecule has 1 rings (SSSR count). The van der Waals surface area contributed by atoms with E-state index >= 15 is 0 Å². The molecule has 0 aliphatic carbocycles. The third-order valence-corrected chi connectivity index (χ3v) is 2.60. The van der Waals surface area contributed by atoms with Gasteiger partial charge in [0.25, 0.3) is 6.43 Å². The maximum Gasteiger partial charge on any atom is 0.253 e. The van der Waals surface area contributed by atoms with E-state index < -0.39 is 12.5 Å². The van der Waals surface area contributed by atoms with Crippen molar-refractivity contribution in [1.29, 1.82) is 0 Å². The molecule has 13 heavy (non-hydrogen) atoms. The van der Waals surface area contributed by atoms with E-state index in [-0.39, 0.29) is 0 Å². The van der Waals surface area contributed by atoms with Gasteiger partial charge in [0.05, 0.1) is 6.04 Å². The molecule has 0 radical (unpaired) electrons. The highest BCUT2D eigenvalue weighted by Gasteiger charge is 2.24. The van der Waals surface area contributed by atoms with Gasteiger partial charge in [0.15, 0.2) is 0 Å². The summed E-state index contributed by atoms with van der Waals surface area (Å²) in [6.07, 6.45) is 0.153. The quantitative estimate of drug-likeness (QED) is 0.733. The Morgan fingerprint density at radius 1 is 1.38 bits per heavy atom. The van der Waals surface area contributed by atoms with E-state index in [1.165, 1.54) is 0 Å². The molecular formula is C9H17F2NO. The molecule has 1 aliphatic heterocycles. The molecule has 1 saturated heterocycles. The van der Waals surface area contributed by atoms with Gasteiger partial charge in [-0.15, -0.1) is 0 Å². The van der Waals surface area contributed by atoms with Crippen molar-refractivity contribution in [3.8, 4) is 0 Å². The Morgan fingerprint density at radius 2 is 2.00 bits per heavy atom. The van der Waals surface area contributed by atoms with Gasteiger partial charge in [0.1, 0.15) is 0 Å². The van der Waals surface area contributed by atoms with Crippen molar-refractivity contribution in [1.82, 2.24) is 5.32 Å². The van der Waals surface area contributed by atoms with Crippen LogP contribution in [0.15, 0.2) is 0 Å². The molecule has 0 bridgehead atoms. The van der Waals surface area contributed by atoms with E-state index in [1.54, 1.807) is 7.05 Å². The van der Waals surface area contributed by atoms with Crippen molar-refractivity contribution < 1.29 is 13.5 Å². The van der Waals surface area contributed by atoms with Crippen LogP contribution in [0.1, 0.15) is 19.3 Å². The van der Waals surface area contributed by atoms with Crippen molar-refractivity contribution in [3.05, 3.63) is 0 Å². The van der Waals surface area contributed by atoms with Crippen LogP contribution in [0.4, 0.5) is 8.78 Å². The summed E-state index contributed by atoms with van der Waals surface area (Å²) in [5.41, 5.74) is 0. The summed E-state index contributed by atoms with van der Waals surface area (Å²) in [6.45, 7) is 1.45. The Hall–Kier alpha value is -0.220. The third-order valence-electron chi connectivity index (χ3n) is 2.60. The van der Waals surface area contributed by atoms with Crippen molar-refractivity contribution in [2.45, 2.75) is 31.7 Å². The summed E-state index contributed by atoms with van der Waals surface area (Å²) in [5, 5.41) is 2.66. The molecule has 0 saturated carbocycles. The van der Waals surface area contributed by atoms with Crippen LogP contribution in [0.2, 0.25) is 0 Å². The van der Waals surface area contributed by atoms with Gasteiger partial charge in [-0.1, -0.05) is 0 Å². The van der Waals surface area contributed by atoms with Crippen LogP contribution in [0.25, 0.3) is 0 Å². The summed E-state index contributed by atoms with van der Waals surface area (Å²) >= 11 is 0. The zero-order chi connectivity index (χ0) is 9.68. The predicted octanol–water partition coefficient (Wildman–Crippen LogP) is 1.66. The lowest BCUT2D eigenvalue weighted by Crippen LogP contribution is -2.35. The summed E-state index contributed by atoms with van der Waals surface area (Å²) in [5.74, 6) is 0.403. The minimum atomic E-state index is -2.26. The van der Waals surface area contributed by atoms with E-state index in [0.29, 0.717) is 12.3 Å². The molecule has 78 valence electrons. The van der Waals surface area contributed by atoms with Crippen LogP contribution in [0.3, 0.4) is 0 Å². The number of halogens is 2. The highest BCUT2D eigenvalue weighted by molar-refractivity contribution is 4.74. The number of rotatable bonds is 4. The first-order valence-corrected chi connectivity index (χ1v) is 4.77. The van der Waals surface area contributed by atoms with Gasteiger partial charge in [0, 0.05) is 13.2 Å². The van der Waals surface area contributed by atoms with Crippen molar-refractivity contribution >= 4 is 0 Å². The van der Waals surface area contributed by atoms with Gasteiger partial charge in [-0.05, 0) is 32.2 Å². The minimum Gasteiger partial charge on any atom is -0.381 e. The van der Waals surface area contributed by atoms with Crippen LogP contribution >= 0.6 is 0 Å². The Kier molecular flexibility index (Phi) is 4.59.